The number of amides is 1. The molecular formula is C23H33ClN6O. The molecule has 1 aliphatic rings. The van der Waals surface area contributed by atoms with Gasteiger partial charge in [0.2, 0.25) is 5.95 Å². The van der Waals surface area contributed by atoms with Crippen LogP contribution in [0.3, 0.4) is 0 Å². The number of nitrogens with zero attached hydrogens (tertiary/aromatic N) is 4. The highest BCUT2D eigenvalue weighted by atomic mass is 35.5. The van der Waals surface area contributed by atoms with Crippen LogP contribution in [-0.2, 0) is 6.54 Å². The molecule has 1 amide bonds. The first-order valence-electron chi connectivity index (χ1n) is 11.0. The van der Waals surface area contributed by atoms with Gasteiger partial charge >= 0.3 is 0 Å². The van der Waals surface area contributed by atoms with Crippen LogP contribution in [0.25, 0.3) is 0 Å². The van der Waals surface area contributed by atoms with Gasteiger partial charge in [-0.15, -0.1) is 0 Å². The largest absolute Gasteiger partial charge is 0.368 e. The number of nitrogens with one attached hydrogen (secondary N) is 1. The number of aromatic nitrogens is 2. The number of nitrogens with two attached hydrogens (primary N) is 1. The quantitative estimate of drug-likeness (QED) is 0.586. The summed E-state index contributed by atoms with van der Waals surface area (Å²) in [6.45, 7) is 9.64. The van der Waals surface area contributed by atoms with Gasteiger partial charge in [-0.3, -0.25) is 20.1 Å². The zero-order valence-electron chi connectivity index (χ0n) is 18.8. The van der Waals surface area contributed by atoms with E-state index in [4.69, 9.17) is 17.3 Å². The average molecular weight is 445 g/mol. The van der Waals surface area contributed by atoms with Crippen molar-refractivity contribution in [2.75, 3.05) is 10.7 Å². The third kappa shape index (κ3) is 5.86. The summed E-state index contributed by atoms with van der Waals surface area (Å²) in [6, 6.07) is 8.80. The average Bonchev–Trinajstić information content (AvgIpc) is 3.26. The van der Waals surface area contributed by atoms with E-state index in [1.54, 1.807) is 5.01 Å². The highest BCUT2D eigenvalue weighted by molar-refractivity contribution is 6.32. The monoisotopic (exact) mass is 444 g/mol. The fourth-order valence-corrected chi connectivity index (χ4v) is 4.31. The second-order valence-corrected chi connectivity index (χ2v) is 9.11. The van der Waals surface area contributed by atoms with Gasteiger partial charge in [-0.2, -0.15) is 4.98 Å². The lowest BCUT2D eigenvalue weighted by atomic mass is 10.1. The van der Waals surface area contributed by atoms with Gasteiger partial charge in [0, 0.05) is 24.2 Å². The van der Waals surface area contributed by atoms with E-state index in [2.05, 4.69) is 48.0 Å². The van der Waals surface area contributed by atoms with Gasteiger partial charge < -0.3 is 5.73 Å². The zero-order valence-corrected chi connectivity index (χ0v) is 19.6. The van der Waals surface area contributed by atoms with Crippen molar-refractivity contribution in [3.8, 4) is 0 Å². The SMILES string of the molecule is CC(C)N(Cc1ccc(C(=O)NN(c2nc(N)ncc2Cl)C2CCCC2)cc1)C(C)C. The molecular weight excluding hydrogens is 412 g/mol. The standard InChI is InChI=1S/C23H33ClN6O/c1-15(2)29(16(3)4)14-17-9-11-18(12-10-17)22(31)28-30(19-7-5-6-8-19)21-20(24)13-26-23(25)27-21/h9-13,15-16,19H,5-8,14H2,1-4H3,(H,28,31)(H2,25,26,27). The van der Waals surface area contributed by atoms with Gasteiger partial charge in [0.1, 0.15) is 5.02 Å². The van der Waals surface area contributed by atoms with Crippen LogP contribution in [0.1, 0.15) is 69.3 Å². The number of carbonyl (C=O) groups is 1. The van der Waals surface area contributed by atoms with E-state index in [9.17, 15) is 4.79 Å². The minimum absolute atomic E-state index is 0.126. The van der Waals surface area contributed by atoms with Crippen molar-refractivity contribution in [2.45, 2.75) is 78.0 Å². The molecule has 1 saturated carbocycles. The zero-order chi connectivity index (χ0) is 22.5. The van der Waals surface area contributed by atoms with Gasteiger partial charge in [0.05, 0.1) is 12.2 Å². The van der Waals surface area contributed by atoms with Crippen molar-refractivity contribution >= 4 is 29.3 Å². The van der Waals surface area contributed by atoms with Crippen LogP contribution in [0.15, 0.2) is 30.5 Å². The summed E-state index contributed by atoms with van der Waals surface area (Å²) >= 11 is 6.34. The van der Waals surface area contributed by atoms with Crippen molar-refractivity contribution in [1.29, 1.82) is 0 Å². The molecule has 3 N–H and O–H groups in total. The van der Waals surface area contributed by atoms with E-state index in [1.165, 1.54) is 11.8 Å². The molecule has 1 heterocycles. The molecule has 168 valence electrons. The van der Waals surface area contributed by atoms with Crippen molar-refractivity contribution in [1.82, 2.24) is 20.3 Å². The van der Waals surface area contributed by atoms with Crippen LogP contribution in [0.5, 0.6) is 0 Å². The molecule has 1 aromatic carbocycles. The lowest BCUT2D eigenvalue weighted by Gasteiger charge is -2.31. The molecule has 0 spiro atoms. The minimum atomic E-state index is -0.198. The maximum atomic E-state index is 13.1. The smallest absolute Gasteiger partial charge is 0.269 e. The topological polar surface area (TPSA) is 87.4 Å². The Labute approximate surface area is 190 Å². The van der Waals surface area contributed by atoms with Crippen LogP contribution in [0, 0.1) is 0 Å². The Kier molecular flexibility index (Phi) is 7.73. The van der Waals surface area contributed by atoms with Gasteiger partial charge in [-0.25, -0.2) is 4.98 Å². The molecule has 0 unspecified atom stereocenters. The molecule has 0 radical (unpaired) electrons. The van der Waals surface area contributed by atoms with Gasteiger partial charge in [-0.1, -0.05) is 36.6 Å². The Morgan fingerprint density at radius 2 is 1.77 bits per heavy atom. The van der Waals surface area contributed by atoms with Crippen molar-refractivity contribution in [3.05, 3.63) is 46.6 Å². The Morgan fingerprint density at radius 1 is 1.16 bits per heavy atom. The Balaban J connectivity index is 1.76. The fraction of sp³-hybridized carbons (Fsp3) is 0.522. The van der Waals surface area contributed by atoms with Crippen LogP contribution >= 0.6 is 11.6 Å². The molecule has 1 aliphatic carbocycles. The molecule has 0 atom stereocenters. The lowest BCUT2D eigenvalue weighted by molar-refractivity contribution is 0.0943. The summed E-state index contributed by atoms with van der Waals surface area (Å²) in [5.74, 6) is 0.368. The van der Waals surface area contributed by atoms with E-state index in [1.807, 2.05) is 24.3 Å². The second kappa shape index (κ2) is 10.3. The maximum Gasteiger partial charge on any atom is 0.269 e. The first kappa shape index (κ1) is 23.3. The molecule has 0 bridgehead atoms. The van der Waals surface area contributed by atoms with Crippen molar-refractivity contribution < 1.29 is 4.79 Å². The Morgan fingerprint density at radius 3 is 2.35 bits per heavy atom. The molecule has 3 rings (SSSR count). The molecule has 0 aliphatic heterocycles. The summed E-state index contributed by atoms with van der Waals surface area (Å²) < 4.78 is 0. The van der Waals surface area contributed by atoms with Crippen molar-refractivity contribution in [3.63, 3.8) is 0 Å². The van der Waals surface area contributed by atoms with Crippen LogP contribution in [0.2, 0.25) is 5.02 Å². The van der Waals surface area contributed by atoms with Crippen LogP contribution in [0.4, 0.5) is 11.8 Å². The van der Waals surface area contributed by atoms with Crippen LogP contribution < -0.4 is 16.2 Å². The van der Waals surface area contributed by atoms with Crippen LogP contribution in [-0.4, -0.2) is 38.9 Å². The van der Waals surface area contributed by atoms with E-state index in [-0.39, 0.29) is 17.9 Å². The summed E-state index contributed by atoms with van der Waals surface area (Å²) in [6.07, 6.45) is 5.59. The first-order chi connectivity index (χ1) is 14.8. The number of nitrogen functional groups attached to an aromatic ring is 1. The second-order valence-electron chi connectivity index (χ2n) is 8.71. The summed E-state index contributed by atoms with van der Waals surface area (Å²) in [5.41, 5.74) is 10.6. The number of hydrazine groups is 1. The fourth-order valence-electron chi connectivity index (χ4n) is 4.13. The lowest BCUT2D eigenvalue weighted by Crippen LogP contribution is -2.48. The maximum absolute atomic E-state index is 13.1. The number of rotatable bonds is 8. The third-order valence-electron chi connectivity index (χ3n) is 5.79. The molecule has 2 aromatic rings. The summed E-state index contributed by atoms with van der Waals surface area (Å²) in [4.78, 5) is 23.7. The van der Waals surface area contributed by atoms with Gasteiger partial charge in [-0.05, 0) is 58.2 Å². The summed E-state index contributed by atoms with van der Waals surface area (Å²) in [5, 5.41) is 2.13. The number of hydrogen-bond acceptors (Lipinski definition) is 6. The molecule has 1 fully saturated rings. The van der Waals surface area contributed by atoms with Crippen molar-refractivity contribution in [2.24, 2.45) is 0 Å². The molecule has 1 aromatic heterocycles. The number of hydrogen-bond donors (Lipinski definition) is 2. The Hall–Kier alpha value is -2.38. The first-order valence-corrected chi connectivity index (χ1v) is 11.4. The number of halogens is 1. The molecule has 31 heavy (non-hydrogen) atoms. The predicted octanol–water partition coefficient (Wildman–Crippen LogP) is 4.43. The van der Waals surface area contributed by atoms with Gasteiger partial charge in [0.15, 0.2) is 5.82 Å². The molecule has 8 heteroatoms. The number of benzene rings is 1. The van der Waals surface area contributed by atoms with Gasteiger partial charge in [0.25, 0.3) is 5.91 Å². The van der Waals surface area contributed by atoms with E-state index in [0.29, 0.717) is 28.5 Å². The van der Waals surface area contributed by atoms with E-state index >= 15 is 0 Å². The van der Waals surface area contributed by atoms with E-state index in [0.717, 1.165) is 32.2 Å². The molecule has 0 saturated heterocycles. The predicted molar refractivity (Wildman–Crippen MR) is 126 cm³/mol. The normalized spacial score (nSPS) is 14.6. The number of anilines is 2. The highest BCUT2D eigenvalue weighted by Gasteiger charge is 2.28. The Bertz CT molecular complexity index is 872. The summed E-state index contributed by atoms with van der Waals surface area (Å²) in [7, 11) is 0. The minimum Gasteiger partial charge on any atom is -0.368 e. The third-order valence-corrected chi connectivity index (χ3v) is 6.06. The highest BCUT2D eigenvalue weighted by Crippen LogP contribution is 2.30. The van der Waals surface area contributed by atoms with E-state index < -0.39 is 0 Å². The molecule has 7 nitrogen and oxygen atoms in total. The number of carbonyl (C=O) groups excluding carboxylic acids is 1.